The molecule has 1 atom stereocenters. The first-order valence-electron chi connectivity index (χ1n) is 5.99. The number of benzene rings is 1. The fraction of sp³-hybridized carbons (Fsp3) is 0.286. The first-order chi connectivity index (χ1) is 9.17. The molecule has 0 amide bonds. The monoisotopic (exact) mass is 258 g/mol. The lowest BCUT2D eigenvalue weighted by Gasteiger charge is -2.25. The minimum Gasteiger partial charge on any atom is -0.466 e. The summed E-state index contributed by atoms with van der Waals surface area (Å²) in [5.41, 5.74) is 6.78. The van der Waals surface area contributed by atoms with Gasteiger partial charge in [-0.05, 0) is 13.0 Å². The Balaban J connectivity index is 2.37. The van der Waals surface area contributed by atoms with Crippen LogP contribution in [0.1, 0.15) is 24.8 Å². The maximum atomic E-state index is 11.7. The van der Waals surface area contributed by atoms with Crippen molar-refractivity contribution in [1.82, 2.24) is 0 Å². The summed E-state index contributed by atoms with van der Waals surface area (Å²) in [7, 11) is 0. The molecule has 2 rings (SSSR count). The maximum absolute atomic E-state index is 11.7. The predicted octanol–water partition coefficient (Wildman–Crippen LogP) is 1.81. The van der Waals surface area contributed by atoms with Crippen LogP contribution in [0.3, 0.4) is 0 Å². The standard InChI is InChI=1S/C14H14N2O3/c1-2-18-13(17)7-10-9-5-3-4-6-12(9)19-14(16)11(10)8-15/h3-6,10H,2,7,16H2,1H3. The molecule has 5 nitrogen and oxygen atoms in total. The van der Waals surface area contributed by atoms with Gasteiger partial charge in [0.05, 0.1) is 18.6 Å². The molecule has 0 aromatic heterocycles. The minimum atomic E-state index is -0.408. The Hall–Kier alpha value is -2.48. The van der Waals surface area contributed by atoms with Crippen LogP contribution in [0.15, 0.2) is 35.7 Å². The fourth-order valence-electron chi connectivity index (χ4n) is 2.09. The van der Waals surface area contributed by atoms with Gasteiger partial charge in [0, 0.05) is 11.5 Å². The van der Waals surface area contributed by atoms with Crippen molar-refractivity contribution in [1.29, 1.82) is 5.26 Å². The summed E-state index contributed by atoms with van der Waals surface area (Å²) < 4.78 is 10.3. The van der Waals surface area contributed by atoms with Crippen molar-refractivity contribution in [3.63, 3.8) is 0 Å². The van der Waals surface area contributed by atoms with Crippen LogP contribution in [0, 0.1) is 11.3 Å². The molecule has 0 aliphatic carbocycles. The number of nitriles is 1. The maximum Gasteiger partial charge on any atom is 0.306 e. The van der Waals surface area contributed by atoms with E-state index in [1.165, 1.54) is 0 Å². The van der Waals surface area contributed by atoms with Crippen LogP contribution in [-0.2, 0) is 9.53 Å². The Labute approximate surface area is 111 Å². The zero-order valence-corrected chi connectivity index (χ0v) is 10.6. The molecule has 0 fully saturated rings. The van der Waals surface area contributed by atoms with Gasteiger partial charge in [0.25, 0.3) is 0 Å². The second-order valence-electron chi connectivity index (χ2n) is 4.09. The smallest absolute Gasteiger partial charge is 0.306 e. The van der Waals surface area contributed by atoms with Crippen LogP contribution in [0.5, 0.6) is 5.75 Å². The number of esters is 1. The number of hydrogen-bond acceptors (Lipinski definition) is 5. The molecule has 19 heavy (non-hydrogen) atoms. The third-order valence-corrected chi connectivity index (χ3v) is 2.92. The van der Waals surface area contributed by atoms with E-state index in [1.807, 2.05) is 24.3 Å². The molecule has 1 aromatic rings. The summed E-state index contributed by atoms with van der Waals surface area (Å²) in [6.45, 7) is 2.05. The molecule has 0 radical (unpaired) electrons. The molecule has 0 saturated heterocycles. The summed E-state index contributed by atoms with van der Waals surface area (Å²) in [5, 5.41) is 9.18. The molecule has 1 aliphatic rings. The van der Waals surface area contributed by atoms with E-state index in [-0.39, 0.29) is 23.8 Å². The first-order valence-corrected chi connectivity index (χ1v) is 5.99. The molecular formula is C14H14N2O3. The van der Waals surface area contributed by atoms with Gasteiger partial charge in [-0.3, -0.25) is 4.79 Å². The number of nitrogens with zero attached hydrogens (tertiary/aromatic N) is 1. The number of allylic oxidation sites excluding steroid dienone is 1. The fourth-order valence-corrected chi connectivity index (χ4v) is 2.09. The van der Waals surface area contributed by atoms with E-state index in [1.54, 1.807) is 13.0 Å². The van der Waals surface area contributed by atoms with Crippen LogP contribution in [0.25, 0.3) is 0 Å². The Kier molecular flexibility index (Phi) is 3.71. The number of hydrogen-bond donors (Lipinski definition) is 1. The highest BCUT2D eigenvalue weighted by atomic mass is 16.5. The van der Waals surface area contributed by atoms with E-state index < -0.39 is 5.92 Å². The molecular weight excluding hydrogens is 244 g/mol. The number of fused-ring (bicyclic) bond motifs is 1. The summed E-state index contributed by atoms with van der Waals surface area (Å²) >= 11 is 0. The normalized spacial score (nSPS) is 17.2. The summed E-state index contributed by atoms with van der Waals surface area (Å²) in [6, 6.07) is 9.24. The third-order valence-electron chi connectivity index (χ3n) is 2.92. The number of ether oxygens (including phenoxy) is 2. The highest BCUT2D eigenvalue weighted by Gasteiger charge is 2.30. The van der Waals surface area contributed by atoms with Gasteiger partial charge in [0.15, 0.2) is 0 Å². The van der Waals surface area contributed by atoms with E-state index in [0.29, 0.717) is 12.4 Å². The quantitative estimate of drug-likeness (QED) is 0.836. The SMILES string of the molecule is CCOC(=O)CC1C(C#N)=C(N)Oc2ccccc21. The summed E-state index contributed by atoms with van der Waals surface area (Å²) in [5.74, 6) is -0.137. The van der Waals surface area contributed by atoms with E-state index >= 15 is 0 Å². The zero-order valence-electron chi connectivity index (χ0n) is 10.6. The highest BCUT2D eigenvalue weighted by Crippen LogP contribution is 2.39. The predicted molar refractivity (Wildman–Crippen MR) is 67.9 cm³/mol. The van der Waals surface area contributed by atoms with Crippen LogP contribution in [-0.4, -0.2) is 12.6 Å². The second-order valence-corrected chi connectivity index (χ2v) is 4.09. The number of rotatable bonds is 3. The second kappa shape index (κ2) is 5.44. The molecule has 1 aromatic carbocycles. The van der Waals surface area contributed by atoms with E-state index in [4.69, 9.17) is 15.2 Å². The number of carbonyl (C=O) groups excluding carboxylic acids is 1. The average molecular weight is 258 g/mol. The zero-order chi connectivity index (χ0) is 13.8. The van der Waals surface area contributed by atoms with E-state index in [9.17, 15) is 10.1 Å². The molecule has 1 unspecified atom stereocenters. The largest absolute Gasteiger partial charge is 0.466 e. The lowest BCUT2D eigenvalue weighted by molar-refractivity contribution is -0.143. The van der Waals surface area contributed by atoms with Crippen molar-refractivity contribution in [2.24, 2.45) is 5.73 Å². The Morgan fingerprint density at radius 1 is 1.53 bits per heavy atom. The molecule has 0 bridgehead atoms. The van der Waals surface area contributed by atoms with Crippen LogP contribution in [0.2, 0.25) is 0 Å². The molecule has 1 aliphatic heterocycles. The van der Waals surface area contributed by atoms with Crippen molar-refractivity contribution >= 4 is 5.97 Å². The molecule has 2 N–H and O–H groups in total. The lowest BCUT2D eigenvalue weighted by atomic mass is 9.87. The Bertz CT molecular complexity index is 572. The van der Waals surface area contributed by atoms with Gasteiger partial charge in [-0.25, -0.2) is 0 Å². The highest BCUT2D eigenvalue weighted by molar-refractivity contribution is 5.72. The molecule has 0 saturated carbocycles. The third kappa shape index (κ3) is 2.52. The van der Waals surface area contributed by atoms with Gasteiger partial charge in [-0.15, -0.1) is 0 Å². The van der Waals surface area contributed by atoms with Gasteiger partial charge in [-0.2, -0.15) is 5.26 Å². The van der Waals surface area contributed by atoms with Crippen molar-refractivity contribution < 1.29 is 14.3 Å². The van der Waals surface area contributed by atoms with Crippen LogP contribution in [0.4, 0.5) is 0 Å². The van der Waals surface area contributed by atoms with E-state index in [0.717, 1.165) is 5.56 Å². The van der Waals surface area contributed by atoms with Gasteiger partial charge in [0.2, 0.25) is 5.88 Å². The molecule has 0 spiro atoms. The van der Waals surface area contributed by atoms with Gasteiger partial charge < -0.3 is 15.2 Å². The summed E-state index contributed by atoms with van der Waals surface area (Å²) in [6.07, 6.45) is 0.0812. The molecule has 98 valence electrons. The van der Waals surface area contributed by atoms with E-state index in [2.05, 4.69) is 0 Å². The number of carbonyl (C=O) groups is 1. The average Bonchev–Trinajstić information content (AvgIpc) is 2.39. The van der Waals surface area contributed by atoms with Crippen molar-refractivity contribution in [3.05, 3.63) is 41.3 Å². The van der Waals surface area contributed by atoms with Gasteiger partial charge >= 0.3 is 5.97 Å². The molecule has 1 heterocycles. The molecule has 5 heteroatoms. The van der Waals surface area contributed by atoms with Gasteiger partial charge in [0.1, 0.15) is 11.8 Å². The van der Waals surface area contributed by atoms with Crippen LogP contribution >= 0.6 is 0 Å². The van der Waals surface area contributed by atoms with Gasteiger partial charge in [-0.1, -0.05) is 18.2 Å². The van der Waals surface area contributed by atoms with Crippen molar-refractivity contribution in [2.75, 3.05) is 6.61 Å². The Morgan fingerprint density at radius 3 is 2.95 bits per heavy atom. The summed E-state index contributed by atoms with van der Waals surface area (Å²) in [4.78, 5) is 11.7. The number of para-hydroxylation sites is 1. The van der Waals surface area contributed by atoms with Crippen LogP contribution < -0.4 is 10.5 Å². The lowest BCUT2D eigenvalue weighted by Crippen LogP contribution is -2.22. The van der Waals surface area contributed by atoms with Crippen molar-refractivity contribution in [3.8, 4) is 11.8 Å². The Morgan fingerprint density at radius 2 is 2.26 bits per heavy atom. The minimum absolute atomic E-state index is 0.0514. The first kappa shape index (κ1) is 13.0. The van der Waals surface area contributed by atoms with Crippen molar-refractivity contribution in [2.45, 2.75) is 19.3 Å². The topological polar surface area (TPSA) is 85.3 Å². The number of nitrogens with two attached hydrogens (primary N) is 1.